The lowest BCUT2D eigenvalue weighted by atomic mass is 10.1. The number of aryl methyl sites for hydroxylation is 2. The van der Waals surface area contributed by atoms with Gasteiger partial charge in [0.25, 0.3) is 0 Å². The molecule has 0 saturated carbocycles. The van der Waals surface area contributed by atoms with Gasteiger partial charge in [0.1, 0.15) is 0 Å². The first kappa shape index (κ1) is 14.5. The minimum absolute atomic E-state index is 0.426. The minimum atomic E-state index is 0.426. The summed E-state index contributed by atoms with van der Waals surface area (Å²) in [5.41, 5.74) is 2.43. The van der Waals surface area contributed by atoms with Gasteiger partial charge in [-0.2, -0.15) is 5.10 Å². The van der Waals surface area contributed by atoms with E-state index in [1.54, 1.807) is 0 Å². The summed E-state index contributed by atoms with van der Waals surface area (Å²) in [7, 11) is 2.00. The molecule has 0 aliphatic carbocycles. The molecule has 0 bridgehead atoms. The summed E-state index contributed by atoms with van der Waals surface area (Å²) in [6.07, 6.45) is 4.87. The van der Waals surface area contributed by atoms with Gasteiger partial charge >= 0.3 is 0 Å². The summed E-state index contributed by atoms with van der Waals surface area (Å²) in [5, 5.41) is 7.93. The van der Waals surface area contributed by atoms with Crippen molar-refractivity contribution in [3.05, 3.63) is 28.5 Å². The van der Waals surface area contributed by atoms with E-state index in [0.29, 0.717) is 6.04 Å². The van der Waals surface area contributed by atoms with Crippen LogP contribution in [0.3, 0.4) is 0 Å². The van der Waals surface area contributed by atoms with E-state index in [0.717, 1.165) is 31.5 Å². The van der Waals surface area contributed by atoms with Gasteiger partial charge in [-0.15, -0.1) is 6.58 Å². The Morgan fingerprint density at radius 3 is 2.71 bits per heavy atom. The van der Waals surface area contributed by atoms with Crippen molar-refractivity contribution in [1.29, 1.82) is 0 Å². The second-order valence-corrected chi connectivity index (χ2v) is 4.88. The van der Waals surface area contributed by atoms with Crippen LogP contribution in [-0.4, -0.2) is 22.9 Å². The molecule has 0 radical (unpaired) electrons. The number of halogens is 1. The Bertz CT molecular complexity index is 371. The fraction of sp³-hybridized carbons (Fsp3) is 0.615. The molecule has 1 unspecified atom stereocenters. The van der Waals surface area contributed by atoms with Crippen molar-refractivity contribution >= 4 is 15.9 Å². The maximum atomic E-state index is 4.61. The standard InChI is InChI=1S/C13H22BrN3/c1-5-8-10(15-4)9-12-13(14)11(6-2)16-17(12)7-3/h5,10,15H,1,6-9H2,2-4H3. The van der Waals surface area contributed by atoms with Gasteiger partial charge in [-0.25, -0.2) is 0 Å². The lowest BCUT2D eigenvalue weighted by Gasteiger charge is -2.15. The van der Waals surface area contributed by atoms with Crippen LogP contribution in [0.4, 0.5) is 0 Å². The van der Waals surface area contributed by atoms with Crippen LogP contribution >= 0.6 is 15.9 Å². The normalized spacial score (nSPS) is 12.7. The van der Waals surface area contributed by atoms with Gasteiger partial charge in [0.2, 0.25) is 0 Å². The number of aromatic nitrogens is 2. The predicted octanol–water partition coefficient (Wildman–Crippen LogP) is 2.93. The van der Waals surface area contributed by atoms with Crippen molar-refractivity contribution in [2.45, 2.75) is 45.7 Å². The van der Waals surface area contributed by atoms with Crippen LogP contribution in [0, 0.1) is 0 Å². The van der Waals surface area contributed by atoms with Gasteiger partial charge in [-0.1, -0.05) is 13.0 Å². The maximum Gasteiger partial charge on any atom is 0.0766 e. The third-order valence-electron chi connectivity index (χ3n) is 2.99. The quantitative estimate of drug-likeness (QED) is 0.785. The third-order valence-corrected chi connectivity index (χ3v) is 3.91. The SMILES string of the molecule is C=CCC(Cc1c(Br)c(CC)nn1CC)NC. The summed E-state index contributed by atoms with van der Waals surface area (Å²) in [5.74, 6) is 0. The molecular weight excluding hydrogens is 278 g/mol. The van der Waals surface area contributed by atoms with E-state index in [4.69, 9.17) is 0 Å². The molecule has 0 aliphatic rings. The summed E-state index contributed by atoms with van der Waals surface area (Å²) >= 11 is 3.67. The molecule has 17 heavy (non-hydrogen) atoms. The second-order valence-electron chi connectivity index (χ2n) is 4.09. The molecule has 0 spiro atoms. The zero-order chi connectivity index (χ0) is 12.8. The number of rotatable bonds is 7. The topological polar surface area (TPSA) is 29.9 Å². The maximum absolute atomic E-state index is 4.61. The van der Waals surface area contributed by atoms with Crippen LogP contribution in [0.2, 0.25) is 0 Å². The largest absolute Gasteiger partial charge is 0.316 e. The lowest BCUT2D eigenvalue weighted by Crippen LogP contribution is -2.28. The van der Waals surface area contributed by atoms with Crippen LogP contribution < -0.4 is 5.32 Å². The molecule has 1 aromatic rings. The number of hydrogen-bond donors (Lipinski definition) is 1. The number of hydrogen-bond acceptors (Lipinski definition) is 2. The van der Waals surface area contributed by atoms with Crippen molar-refractivity contribution < 1.29 is 0 Å². The van der Waals surface area contributed by atoms with Crippen LogP contribution in [0.5, 0.6) is 0 Å². The Hall–Kier alpha value is -0.610. The molecule has 96 valence electrons. The monoisotopic (exact) mass is 299 g/mol. The fourth-order valence-electron chi connectivity index (χ4n) is 1.95. The van der Waals surface area contributed by atoms with Crippen molar-refractivity contribution in [3.8, 4) is 0 Å². The average Bonchev–Trinajstić information content (AvgIpc) is 2.65. The Morgan fingerprint density at radius 1 is 1.53 bits per heavy atom. The summed E-state index contributed by atoms with van der Waals surface area (Å²) in [6.45, 7) is 8.98. The van der Waals surface area contributed by atoms with Gasteiger partial charge in [0.05, 0.1) is 15.9 Å². The fourth-order valence-corrected chi connectivity index (χ4v) is 2.68. The Labute approximate surface area is 112 Å². The third kappa shape index (κ3) is 3.42. The first-order chi connectivity index (χ1) is 8.17. The molecule has 0 aliphatic heterocycles. The number of likely N-dealkylation sites (N-methyl/N-ethyl adjacent to an activating group) is 1. The molecule has 1 aromatic heterocycles. The van der Waals surface area contributed by atoms with E-state index < -0.39 is 0 Å². The highest BCUT2D eigenvalue weighted by atomic mass is 79.9. The molecule has 0 saturated heterocycles. The molecule has 1 atom stereocenters. The zero-order valence-electron chi connectivity index (χ0n) is 11.0. The van der Waals surface area contributed by atoms with Crippen molar-refractivity contribution in [3.63, 3.8) is 0 Å². The molecule has 4 heteroatoms. The summed E-state index contributed by atoms with van der Waals surface area (Å²) in [6, 6.07) is 0.426. The van der Waals surface area contributed by atoms with Crippen LogP contribution in [0.1, 0.15) is 31.7 Å². The number of nitrogens with zero attached hydrogens (tertiary/aromatic N) is 2. The van der Waals surface area contributed by atoms with Gasteiger partial charge in [-0.05, 0) is 42.7 Å². The first-order valence-corrected chi connectivity index (χ1v) is 6.99. The smallest absolute Gasteiger partial charge is 0.0766 e. The van der Waals surface area contributed by atoms with Crippen molar-refractivity contribution in [1.82, 2.24) is 15.1 Å². The highest BCUT2D eigenvalue weighted by Gasteiger charge is 2.16. The minimum Gasteiger partial charge on any atom is -0.316 e. The molecule has 0 aromatic carbocycles. The van der Waals surface area contributed by atoms with E-state index >= 15 is 0 Å². The van der Waals surface area contributed by atoms with E-state index in [9.17, 15) is 0 Å². The predicted molar refractivity (Wildman–Crippen MR) is 76.3 cm³/mol. The van der Waals surface area contributed by atoms with Crippen molar-refractivity contribution in [2.75, 3.05) is 7.05 Å². The van der Waals surface area contributed by atoms with E-state index in [2.05, 4.69) is 51.5 Å². The highest BCUT2D eigenvalue weighted by molar-refractivity contribution is 9.10. The van der Waals surface area contributed by atoms with Gasteiger partial charge in [-0.3, -0.25) is 4.68 Å². The molecule has 3 nitrogen and oxygen atoms in total. The van der Waals surface area contributed by atoms with Gasteiger partial charge in [0.15, 0.2) is 0 Å². The first-order valence-electron chi connectivity index (χ1n) is 6.20. The van der Waals surface area contributed by atoms with E-state index in [1.165, 1.54) is 10.2 Å². The van der Waals surface area contributed by atoms with Gasteiger partial charge < -0.3 is 5.32 Å². The summed E-state index contributed by atoms with van der Waals surface area (Å²) < 4.78 is 3.27. The molecule has 1 rings (SSSR count). The Kier molecular flexibility index (Phi) is 5.92. The van der Waals surface area contributed by atoms with Crippen LogP contribution in [0.15, 0.2) is 17.1 Å². The molecule has 0 fully saturated rings. The van der Waals surface area contributed by atoms with E-state index in [-0.39, 0.29) is 0 Å². The van der Waals surface area contributed by atoms with Crippen molar-refractivity contribution in [2.24, 2.45) is 0 Å². The van der Waals surface area contributed by atoms with Crippen LogP contribution in [0.25, 0.3) is 0 Å². The second kappa shape index (κ2) is 6.97. The molecule has 0 amide bonds. The molecular formula is C13H22BrN3. The summed E-state index contributed by atoms with van der Waals surface area (Å²) in [4.78, 5) is 0. The molecule has 1 N–H and O–H groups in total. The van der Waals surface area contributed by atoms with Crippen LogP contribution in [-0.2, 0) is 19.4 Å². The lowest BCUT2D eigenvalue weighted by molar-refractivity contribution is 0.525. The van der Waals surface area contributed by atoms with E-state index in [1.807, 2.05) is 13.1 Å². The van der Waals surface area contributed by atoms with Gasteiger partial charge in [0, 0.05) is 19.0 Å². The highest BCUT2D eigenvalue weighted by Crippen LogP contribution is 2.24. The molecule has 1 heterocycles. The Morgan fingerprint density at radius 2 is 2.24 bits per heavy atom. The number of nitrogens with one attached hydrogen (secondary N) is 1. The average molecular weight is 300 g/mol. The zero-order valence-corrected chi connectivity index (χ0v) is 12.5. The Balaban J connectivity index is 2.94.